The summed E-state index contributed by atoms with van der Waals surface area (Å²) in [4.78, 5) is 24.6. The minimum Gasteiger partial charge on any atom is -0.461 e. The fourth-order valence-electron chi connectivity index (χ4n) is 4.37. The van der Waals surface area contributed by atoms with Gasteiger partial charge in [0.1, 0.15) is 20.0 Å². The first-order chi connectivity index (χ1) is 17.3. The standard InChI is InChI=1S/C32H54O6/c1-23(14-13-15-24(2)20-36-27(33)29(3,4)5)16-18-32(11)19-17-25(31(9,10)38-22-35-12)26(32)21-37-28(34)30(6,7)8/h15-16H,13-14,17-22H2,1-12H3/b23-16-,24-15+/t32-/m1/s1. The molecule has 6 heteroatoms. The normalized spacial score (nSPS) is 19.7. The van der Waals surface area contributed by atoms with Crippen LogP contribution in [0.3, 0.4) is 0 Å². The van der Waals surface area contributed by atoms with E-state index in [9.17, 15) is 9.59 Å². The second kappa shape index (κ2) is 13.9. The summed E-state index contributed by atoms with van der Waals surface area (Å²) in [5, 5.41) is 0. The third-order valence-electron chi connectivity index (χ3n) is 7.22. The van der Waals surface area contributed by atoms with Crippen molar-refractivity contribution in [1.29, 1.82) is 0 Å². The summed E-state index contributed by atoms with van der Waals surface area (Å²) in [7, 11) is 1.62. The van der Waals surface area contributed by atoms with Crippen LogP contribution in [-0.4, -0.2) is 44.7 Å². The van der Waals surface area contributed by atoms with Gasteiger partial charge in [-0.1, -0.05) is 24.6 Å². The maximum atomic E-state index is 12.6. The molecule has 0 aromatic rings. The predicted molar refractivity (Wildman–Crippen MR) is 154 cm³/mol. The van der Waals surface area contributed by atoms with E-state index in [2.05, 4.69) is 39.8 Å². The maximum absolute atomic E-state index is 12.6. The lowest BCUT2D eigenvalue weighted by molar-refractivity contribution is -0.152. The van der Waals surface area contributed by atoms with E-state index in [1.165, 1.54) is 11.1 Å². The average molecular weight is 535 g/mol. The number of hydrogen-bond acceptors (Lipinski definition) is 6. The van der Waals surface area contributed by atoms with Gasteiger partial charge < -0.3 is 18.9 Å². The largest absolute Gasteiger partial charge is 0.461 e. The summed E-state index contributed by atoms with van der Waals surface area (Å²) in [6.07, 6.45) is 9.05. The number of methoxy groups -OCH3 is 1. The number of carbonyl (C=O) groups excluding carboxylic acids is 2. The minimum atomic E-state index is -0.551. The summed E-state index contributed by atoms with van der Waals surface area (Å²) < 4.78 is 22.4. The summed E-state index contributed by atoms with van der Waals surface area (Å²) in [5.41, 5.74) is 3.09. The fraction of sp³-hybridized carbons (Fsp3) is 0.750. The molecule has 0 aromatic heterocycles. The lowest BCUT2D eigenvalue weighted by Crippen LogP contribution is -2.31. The van der Waals surface area contributed by atoms with E-state index in [0.717, 1.165) is 43.3 Å². The molecule has 0 amide bonds. The molecule has 1 aliphatic rings. The van der Waals surface area contributed by atoms with Gasteiger partial charge >= 0.3 is 11.9 Å². The molecule has 0 radical (unpaired) electrons. The monoisotopic (exact) mass is 534 g/mol. The van der Waals surface area contributed by atoms with Crippen molar-refractivity contribution < 1.29 is 28.5 Å². The van der Waals surface area contributed by atoms with Crippen molar-refractivity contribution in [3.05, 3.63) is 34.4 Å². The zero-order chi connectivity index (χ0) is 29.4. The molecule has 1 aliphatic carbocycles. The molecule has 6 nitrogen and oxygen atoms in total. The quantitative estimate of drug-likeness (QED) is 0.137. The number of hydrogen-bond donors (Lipinski definition) is 0. The van der Waals surface area contributed by atoms with Crippen molar-refractivity contribution in [2.45, 2.75) is 114 Å². The summed E-state index contributed by atoms with van der Waals surface area (Å²) in [5.74, 6) is -0.380. The Hall–Kier alpha value is -1.92. The van der Waals surface area contributed by atoms with E-state index < -0.39 is 16.4 Å². The topological polar surface area (TPSA) is 71.1 Å². The van der Waals surface area contributed by atoms with Gasteiger partial charge in [0.25, 0.3) is 0 Å². The number of ether oxygens (including phenoxy) is 4. The van der Waals surface area contributed by atoms with Gasteiger partial charge in [0.15, 0.2) is 0 Å². The van der Waals surface area contributed by atoms with Gasteiger partial charge in [-0.15, -0.1) is 0 Å². The second-order valence-electron chi connectivity index (χ2n) is 13.6. The lowest BCUT2D eigenvalue weighted by atomic mass is 9.78. The van der Waals surface area contributed by atoms with E-state index in [1.807, 2.05) is 48.5 Å². The fourth-order valence-corrected chi connectivity index (χ4v) is 4.37. The van der Waals surface area contributed by atoms with Gasteiger partial charge in [-0.25, -0.2) is 0 Å². The maximum Gasteiger partial charge on any atom is 0.311 e. The van der Waals surface area contributed by atoms with E-state index in [1.54, 1.807) is 7.11 Å². The van der Waals surface area contributed by atoms with Crippen LogP contribution < -0.4 is 0 Å². The highest BCUT2D eigenvalue weighted by Gasteiger charge is 2.42. The molecule has 0 fully saturated rings. The van der Waals surface area contributed by atoms with Crippen molar-refractivity contribution in [1.82, 2.24) is 0 Å². The predicted octanol–water partition coefficient (Wildman–Crippen LogP) is 7.72. The van der Waals surface area contributed by atoms with Crippen LogP contribution in [0.15, 0.2) is 34.4 Å². The highest BCUT2D eigenvalue weighted by Crippen LogP contribution is 2.50. The van der Waals surface area contributed by atoms with E-state index in [0.29, 0.717) is 6.61 Å². The van der Waals surface area contributed by atoms with Crippen LogP contribution >= 0.6 is 0 Å². The zero-order valence-corrected chi connectivity index (χ0v) is 26.3. The summed E-state index contributed by atoms with van der Waals surface area (Å²) in [6.45, 7) is 22.6. The molecule has 1 rings (SSSR count). The van der Waals surface area contributed by atoms with Crippen LogP contribution in [0, 0.1) is 16.2 Å². The molecule has 0 N–H and O–H groups in total. The smallest absolute Gasteiger partial charge is 0.311 e. The van der Waals surface area contributed by atoms with Crippen molar-refractivity contribution in [2.24, 2.45) is 16.2 Å². The van der Waals surface area contributed by atoms with Gasteiger partial charge in [-0.2, -0.15) is 0 Å². The Morgan fingerprint density at radius 3 is 2.03 bits per heavy atom. The Morgan fingerprint density at radius 2 is 1.47 bits per heavy atom. The molecule has 0 saturated carbocycles. The highest BCUT2D eigenvalue weighted by molar-refractivity contribution is 5.76. The summed E-state index contributed by atoms with van der Waals surface area (Å²) >= 11 is 0. The molecule has 0 saturated heterocycles. The minimum absolute atomic E-state index is 0.116. The molecule has 38 heavy (non-hydrogen) atoms. The Labute approximate surface area is 232 Å². The Bertz CT molecular complexity index is 907. The van der Waals surface area contributed by atoms with Crippen molar-refractivity contribution in [3.63, 3.8) is 0 Å². The van der Waals surface area contributed by atoms with E-state index in [-0.39, 0.29) is 30.8 Å². The summed E-state index contributed by atoms with van der Waals surface area (Å²) in [6, 6.07) is 0. The molecule has 0 unspecified atom stereocenters. The van der Waals surface area contributed by atoms with Gasteiger partial charge in [-0.3, -0.25) is 9.59 Å². The van der Waals surface area contributed by atoms with Crippen molar-refractivity contribution in [2.75, 3.05) is 27.1 Å². The molecule has 1 atom stereocenters. The van der Waals surface area contributed by atoms with E-state index in [4.69, 9.17) is 18.9 Å². The van der Waals surface area contributed by atoms with Crippen LogP contribution in [0.25, 0.3) is 0 Å². The molecule has 0 aromatic carbocycles. The van der Waals surface area contributed by atoms with Crippen molar-refractivity contribution >= 4 is 11.9 Å². The highest BCUT2D eigenvalue weighted by atomic mass is 16.7. The molecule has 218 valence electrons. The molecular formula is C32H54O6. The molecule has 0 bridgehead atoms. The van der Waals surface area contributed by atoms with Crippen LogP contribution in [-0.2, 0) is 28.5 Å². The zero-order valence-electron chi connectivity index (χ0n) is 26.3. The van der Waals surface area contributed by atoms with Crippen LogP contribution in [0.5, 0.6) is 0 Å². The Kier molecular flexibility index (Phi) is 12.5. The molecule has 0 aliphatic heterocycles. The second-order valence-corrected chi connectivity index (χ2v) is 13.6. The van der Waals surface area contributed by atoms with Crippen molar-refractivity contribution in [3.8, 4) is 0 Å². The van der Waals surface area contributed by atoms with Gasteiger partial charge in [0.2, 0.25) is 0 Å². The number of carbonyl (C=O) groups is 2. The third-order valence-corrected chi connectivity index (χ3v) is 7.22. The first kappa shape index (κ1) is 34.1. The van der Waals surface area contributed by atoms with Crippen LogP contribution in [0.2, 0.25) is 0 Å². The van der Waals surface area contributed by atoms with Crippen LogP contribution in [0.1, 0.15) is 108 Å². The number of allylic oxidation sites excluding steroid dienone is 3. The number of rotatable bonds is 13. The average Bonchev–Trinajstić information content (AvgIpc) is 3.14. The molecule has 0 heterocycles. The van der Waals surface area contributed by atoms with Gasteiger partial charge in [-0.05, 0) is 123 Å². The lowest BCUT2D eigenvalue weighted by Gasteiger charge is -2.32. The Morgan fingerprint density at radius 1 is 0.895 bits per heavy atom. The first-order valence-electron chi connectivity index (χ1n) is 13.8. The van der Waals surface area contributed by atoms with E-state index >= 15 is 0 Å². The molecule has 0 spiro atoms. The number of esters is 2. The van der Waals surface area contributed by atoms with Gasteiger partial charge in [0, 0.05) is 7.11 Å². The Balaban J connectivity index is 2.95. The van der Waals surface area contributed by atoms with Crippen LogP contribution in [0.4, 0.5) is 0 Å². The third kappa shape index (κ3) is 10.7. The molecular weight excluding hydrogens is 480 g/mol. The SMILES string of the molecule is COCOC(C)(C)C1=C(COC(=O)C(C)(C)C)[C@](C)(C/C=C(/C)CC/C=C(\C)COC(=O)C(C)(C)C)CC1. The first-order valence-corrected chi connectivity index (χ1v) is 13.8. The van der Waals surface area contributed by atoms with Gasteiger partial charge in [0.05, 0.1) is 16.4 Å².